The fraction of sp³-hybridized carbons (Fsp3) is 0.533. The molecule has 1 aromatic rings. The predicted molar refractivity (Wildman–Crippen MR) is 75.5 cm³/mol. The van der Waals surface area contributed by atoms with Crippen molar-refractivity contribution in [1.29, 1.82) is 0 Å². The van der Waals surface area contributed by atoms with Crippen LogP contribution in [0, 0.1) is 0 Å². The number of aliphatic hydroxyl groups excluding tert-OH is 2. The molecule has 6 heteroatoms. The number of benzene rings is 1. The van der Waals surface area contributed by atoms with E-state index in [0.29, 0.717) is 19.6 Å². The van der Waals surface area contributed by atoms with Gasteiger partial charge in [-0.15, -0.1) is 0 Å². The molecule has 1 aliphatic heterocycles. The van der Waals surface area contributed by atoms with Gasteiger partial charge in [-0.3, -0.25) is 4.79 Å². The van der Waals surface area contributed by atoms with Crippen molar-refractivity contribution in [2.75, 3.05) is 19.8 Å². The Morgan fingerprint density at radius 3 is 2.86 bits per heavy atom. The smallest absolute Gasteiger partial charge is 0.246 e. The highest BCUT2D eigenvalue weighted by molar-refractivity contribution is 5.77. The van der Waals surface area contributed by atoms with Crippen LogP contribution in [0.3, 0.4) is 0 Å². The predicted octanol–water partition coefficient (Wildman–Crippen LogP) is -0.170. The molecule has 0 radical (unpaired) electrons. The van der Waals surface area contributed by atoms with Crippen molar-refractivity contribution in [3.8, 4) is 0 Å². The average Bonchev–Trinajstić information content (AvgIpc) is 2.50. The molecule has 1 aromatic carbocycles. The van der Waals surface area contributed by atoms with Crippen molar-refractivity contribution in [1.82, 2.24) is 5.32 Å². The first-order valence-corrected chi connectivity index (χ1v) is 7.02. The molecule has 1 heterocycles. The molecule has 1 aliphatic rings. The van der Waals surface area contributed by atoms with Gasteiger partial charge in [0.05, 0.1) is 19.3 Å². The van der Waals surface area contributed by atoms with Gasteiger partial charge in [0.25, 0.3) is 0 Å². The molecule has 3 atom stereocenters. The van der Waals surface area contributed by atoms with Gasteiger partial charge in [0.15, 0.2) is 0 Å². The number of amides is 1. The number of nitrogens with one attached hydrogen (secondary N) is 1. The number of hydrogen-bond donors (Lipinski definition) is 3. The topological polar surface area (TPSA) is 88.0 Å². The minimum Gasteiger partial charge on any atom is -0.394 e. The van der Waals surface area contributed by atoms with Crippen LogP contribution in [0.25, 0.3) is 0 Å². The Hall–Kier alpha value is -1.47. The molecular weight excluding hydrogens is 274 g/mol. The third-order valence-corrected chi connectivity index (χ3v) is 3.42. The van der Waals surface area contributed by atoms with E-state index in [1.165, 1.54) is 0 Å². The Bertz CT molecular complexity index is 439. The summed E-state index contributed by atoms with van der Waals surface area (Å²) in [6.07, 6.45) is -1.03. The fourth-order valence-corrected chi connectivity index (χ4v) is 2.28. The van der Waals surface area contributed by atoms with E-state index in [4.69, 9.17) is 14.6 Å². The Kier molecular flexibility index (Phi) is 6.13. The number of aliphatic hydroxyl groups is 2. The summed E-state index contributed by atoms with van der Waals surface area (Å²) < 4.78 is 10.5. The Labute approximate surface area is 123 Å². The van der Waals surface area contributed by atoms with E-state index in [1.807, 2.05) is 30.3 Å². The molecule has 0 aromatic heterocycles. The van der Waals surface area contributed by atoms with Crippen molar-refractivity contribution >= 4 is 5.91 Å². The van der Waals surface area contributed by atoms with E-state index >= 15 is 0 Å². The first-order chi connectivity index (χ1) is 10.2. The van der Waals surface area contributed by atoms with Gasteiger partial charge in [0, 0.05) is 6.61 Å². The SMILES string of the molecule is O=C(COCc1ccccc1)N[C@H]1CCO[C@H](CO)[C@H]1O. The lowest BCUT2D eigenvalue weighted by Crippen LogP contribution is -2.54. The third-order valence-electron chi connectivity index (χ3n) is 3.42. The van der Waals surface area contributed by atoms with Gasteiger partial charge in [-0.25, -0.2) is 0 Å². The zero-order valence-corrected chi connectivity index (χ0v) is 11.8. The maximum atomic E-state index is 11.8. The lowest BCUT2D eigenvalue weighted by atomic mass is 10.00. The standard InChI is InChI=1S/C15H21NO5/c17-8-13-15(19)12(6-7-21-13)16-14(18)10-20-9-11-4-2-1-3-5-11/h1-5,12-13,15,17,19H,6-10H2,(H,16,18)/t12-,13+,15-/m0/s1. The summed E-state index contributed by atoms with van der Waals surface area (Å²) in [4.78, 5) is 11.8. The second kappa shape index (κ2) is 8.09. The van der Waals surface area contributed by atoms with Gasteiger partial charge in [-0.1, -0.05) is 30.3 Å². The lowest BCUT2D eigenvalue weighted by molar-refractivity contribution is -0.135. The summed E-state index contributed by atoms with van der Waals surface area (Å²) >= 11 is 0. The van der Waals surface area contributed by atoms with Crippen LogP contribution in [0.1, 0.15) is 12.0 Å². The molecule has 0 unspecified atom stereocenters. The monoisotopic (exact) mass is 295 g/mol. The number of carbonyl (C=O) groups is 1. The summed E-state index contributed by atoms with van der Waals surface area (Å²) in [5.74, 6) is -0.284. The molecular formula is C15H21NO5. The summed E-state index contributed by atoms with van der Waals surface area (Å²) in [5, 5.41) is 21.7. The van der Waals surface area contributed by atoms with Crippen molar-refractivity contribution in [3.63, 3.8) is 0 Å². The summed E-state index contributed by atoms with van der Waals surface area (Å²) in [7, 11) is 0. The summed E-state index contributed by atoms with van der Waals surface area (Å²) in [5.41, 5.74) is 0.997. The largest absolute Gasteiger partial charge is 0.394 e. The van der Waals surface area contributed by atoms with Crippen LogP contribution < -0.4 is 5.32 Å². The van der Waals surface area contributed by atoms with Crippen LogP contribution in [-0.2, 0) is 20.9 Å². The van der Waals surface area contributed by atoms with E-state index in [2.05, 4.69) is 5.32 Å². The number of rotatable bonds is 6. The molecule has 2 rings (SSSR count). The van der Waals surface area contributed by atoms with Crippen molar-refractivity contribution < 1.29 is 24.5 Å². The van der Waals surface area contributed by atoms with E-state index in [9.17, 15) is 9.90 Å². The van der Waals surface area contributed by atoms with Gasteiger partial charge in [-0.05, 0) is 12.0 Å². The van der Waals surface area contributed by atoms with Crippen molar-refractivity contribution in [3.05, 3.63) is 35.9 Å². The van der Waals surface area contributed by atoms with Crippen molar-refractivity contribution in [2.45, 2.75) is 31.3 Å². The van der Waals surface area contributed by atoms with Crippen LogP contribution in [0.4, 0.5) is 0 Å². The molecule has 0 saturated carbocycles. The maximum Gasteiger partial charge on any atom is 0.246 e. The Morgan fingerprint density at radius 1 is 1.38 bits per heavy atom. The number of carbonyl (C=O) groups excluding carboxylic acids is 1. The molecule has 1 saturated heterocycles. The van der Waals surface area contributed by atoms with Crippen LogP contribution in [0.5, 0.6) is 0 Å². The Morgan fingerprint density at radius 2 is 2.14 bits per heavy atom. The molecule has 0 bridgehead atoms. The fourth-order valence-electron chi connectivity index (χ4n) is 2.28. The van der Waals surface area contributed by atoms with Crippen LogP contribution in [0.2, 0.25) is 0 Å². The highest BCUT2D eigenvalue weighted by atomic mass is 16.5. The lowest BCUT2D eigenvalue weighted by Gasteiger charge is -2.34. The molecule has 3 N–H and O–H groups in total. The highest BCUT2D eigenvalue weighted by Crippen LogP contribution is 2.14. The first kappa shape index (κ1) is 15.9. The second-order valence-electron chi connectivity index (χ2n) is 5.02. The molecule has 1 amide bonds. The van der Waals surface area contributed by atoms with Crippen LogP contribution in [-0.4, -0.2) is 54.2 Å². The minimum atomic E-state index is -0.901. The van der Waals surface area contributed by atoms with Gasteiger partial charge >= 0.3 is 0 Å². The van der Waals surface area contributed by atoms with Gasteiger partial charge in [-0.2, -0.15) is 0 Å². The molecule has 116 valence electrons. The molecule has 6 nitrogen and oxygen atoms in total. The molecule has 0 spiro atoms. The quantitative estimate of drug-likeness (QED) is 0.678. The van der Waals surface area contributed by atoms with Gasteiger partial charge < -0.3 is 25.0 Å². The van der Waals surface area contributed by atoms with E-state index in [0.717, 1.165) is 5.56 Å². The van der Waals surface area contributed by atoms with Gasteiger partial charge in [0.1, 0.15) is 18.8 Å². The van der Waals surface area contributed by atoms with E-state index in [-0.39, 0.29) is 19.1 Å². The Balaban J connectivity index is 1.71. The minimum absolute atomic E-state index is 0.0667. The first-order valence-electron chi connectivity index (χ1n) is 7.02. The van der Waals surface area contributed by atoms with Gasteiger partial charge in [0.2, 0.25) is 5.91 Å². The number of hydrogen-bond acceptors (Lipinski definition) is 5. The van der Waals surface area contributed by atoms with Crippen LogP contribution in [0.15, 0.2) is 30.3 Å². The molecule has 1 fully saturated rings. The molecule has 0 aliphatic carbocycles. The van der Waals surface area contributed by atoms with E-state index in [1.54, 1.807) is 0 Å². The third kappa shape index (κ3) is 4.78. The number of ether oxygens (including phenoxy) is 2. The zero-order valence-electron chi connectivity index (χ0n) is 11.8. The average molecular weight is 295 g/mol. The summed E-state index contributed by atoms with van der Waals surface area (Å²) in [6.45, 7) is 0.433. The van der Waals surface area contributed by atoms with Crippen LogP contribution >= 0.6 is 0 Å². The normalized spacial score (nSPS) is 25.5. The molecule has 21 heavy (non-hydrogen) atoms. The van der Waals surface area contributed by atoms with Crippen molar-refractivity contribution in [2.24, 2.45) is 0 Å². The zero-order chi connectivity index (χ0) is 15.1. The highest BCUT2D eigenvalue weighted by Gasteiger charge is 2.33. The maximum absolute atomic E-state index is 11.8. The second-order valence-corrected chi connectivity index (χ2v) is 5.02. The van der Waals surface area contributed by atoms with E-state index < -0.39 is 18.2 Å². The summed E-state index contributed by atoms with van der Waals surface area (Å²) in [6, 6.07) is 9.17.